The number of rotatable bonds is 1. The molecule has 3 fully saturated rings. The quantitative estimate of drug-likeness (QED) is 0.661. The van der Waals surface area contributed by atoms with Gasteiger partial charge in [0.15, 0.2) is 0 Å². The molecule has 0 heterocycles. The Morgan fingerprint density at radius 2 is 1.71 bits per heavy atom. The third-order valence-corrected chi connectivity index (χ3v) is 7.23. The van der Waals surface area contributed by atoms with Crippen molar-refractivity contribution >= 4 is 0 Å². The monoisotopic (exact) mass is 236 g/mol. The van der Waals surface area contributed by atoms with Gasteiger partial charge in [-0.05, 0) is 67.6 Å². The van der Waals surface area contributed by atoms with Crippen molar-refractivity contribution < 1.29 is 4.74 Å². The second-order valence-corrected chi connectivity index (χ2v) is 7.86. The number of methoxy groups -OCH3 is 1. The van der Waals surface area contributed by atoms with Gasteiger partial charge in [0.2, 0.25) is 0 Å². The highest BCUT2D eigenvalue weighted by Crippen LogP contribution is 2.73. The number of hydrogen-bond donors (Lipinski definition) is 0. The minimum atomic E-state index is 0.138. The minimum absolute atomic E-state index is 0.138. The lowest BCUT2D eigenvalue weighted by atomic mass is 9.64. The average molecular weight is 236 g/mol. The molecule has 0 aliphatic heterocycles. The van der Waals surface area contributed by atoms with Crippen LogP contribution < -0.4 is 0 Å². The molecule has 0 unspecified atom stereocenters. The Labute approximate surface area is 106 Å². The zero-order valence-electron chi connectivity index (χ0n) is 12.2. The minimum Gasteiger partial charge on any atom is -0.378 e. The highest BCUT2D eigenvalue weighted by molar-refractivity contribution is 5.17. The van der Waals surface area contributed by atoms with E-state index in [1.165, 1.54) is 32.1 Å². The van der Waals surface area contributed by atoms with Crippen LogP contribution in [0.15, 0.2) is 0 Å². The molecule has 1 nitrogen and oxygen atoms in total. The van der Waals surface area contributed by atoms with Crippen LogP contribution in [0.25, 0.3) is 0 Å². The van der Waals surface area contributed by atoms with E-state index in [1.807, 2.05) is 7.11 Å². The van der Waals surface area contributed by atoms with Crippen LogP contribution in [-0.4, -0.2) is 12.7 Å². The van der Waals surface area contributed by atoms with Crippen LogP contribution in [0.5, 0.6) is 0 Å². The summed E-state index contributed by atoms with van der Waals surface area (Å²) < 4.78 is 5.94. The van der Waals surface area contributed by atoms with E-state index in [-0.39, 0.29) is 5.60 Å². The van der Waals surface area contributed by atoms with Crippen molar-refractivity contribution in [2.45, 2.75) is 65.4 Å². The van der Waals surface area contributed by atoms with Crippen LogP contribution in [0.2, 0.25) is 0 Å². The summed E-state index contributed by atoms with van der Waals surface area (Å²) in [5.74, 6) is 2.66. The fourth-order valence-electron chi connectivity index (χ4n) is 6.10. The molecule has 0 N–H and O–H groups in total. The van der Waals surface area contributed by atoms with E-state index in [1.54, 1.807) is 0 Å². The lowest BCUT2D eigenvalue weighted by Gasteiger charge is -2.46. The van der Waals surface area contributed by atoms with Crippen molar-refractivity contribution in [3.8, 4) is 0 Å². The molecule has 0 aromatic rings. The van der Waals surface area contributed by atoms with E-state index in [0.717, 1.165) is 17.8 Å². The average Bonchev–Trinajstić information content (AvgIpc) is 2.70. The molecule has 0 amide bonds. The molecular formula is C16H28O. The van der Waals surface area contributed by atoms with Gasteiger partial charge in [-0.1, -0.05) is 20.8 Å². The van der Waals surface area contributed by atoms with Gasteiger partial charge in [-0.15, -0.1) is 0 Å². The summed E-state index contributed by atoms with van der Waals surface area (Å²) in [6.07, 6.45) is 7.03. The van der Waals surface area contributed by atoms with Gasteiger partial charge >= 0.3 is 0 Å². The first kappa shape index (κ1) is 12.0. The summed E-state index contributed by atoms with van der Waals surface area (Å²) >= 11 is 0. The van der Waals surface area contributed by atoms with Crippen LogP contribution in [0.1, 0.15) is 59.8 Å². The van der Waals surface area contributed by atoms with Crippen molar-refractivity contribution in [3.63, 3.8) is 0 Å². The molecule has 1 spiro atoms. The second kappa shape index (κ2) is 3.29. The number of hydrogen-bond acceptors (Lipinski definition) is 1. The van der Waals surface area contributed by atoms with Crippen LogP contribution in [0.3, 0.4) is 0 Å². The fourth-order valence-corrected chi connectivity index (χ4v) is 6.10. The molecule has 1 heteroatoms. The Kier molecular flexibility index (Phi) is 2.32. The first-order valence-corrected chi connectivity index (χ1v) is 7.42. The van der Waals surface area contributed by atoms with Gasteiger partial charge in [-0.3, -0.25) is 0 Å². The SMILES string of the molecule is CO[C@@]1(C)CC[C@]23C[C@H]1C(C)(C)[C@@H]2CC[C@H]3C. The van der Waals surface area contributed by atoms with E-state index < -0.39 is 0 Å². The summed E-state index contributed by atoms with van der Waals surface area (Å²) in [5, 5.41) is 0. The standard InChI is InChI=1S/C16H28O/c1-11-6-7-12-14(2,3)13-10-16(11,12)9-8-15(13,4)17-5/h11-13H,6-10H2,1-5H3/t11-,12+,13+,15+,16-/m1/s1. The Hall–Kier alpha value is -0.0400. The largest absolute Gasteiger partial charge is 0.378 e. The number of ether oxygens (including phenoxy) is 1. The lowest BCUT2D eigenvalue weighted by Crippen LogP contribution is -2.45. The summed E-state index contributed by atoms with van der Waals surface area (Å²) in [5.41, 5.74) is 1.29. The molecule has 2 bridgehead atoms. The lowest BCUT2D eigenvalue weighted by molar-refractivity contribution is -0.100. The zero-order chi connectivity index (χ0) is 12.5. The van der Waals surface area contributed by atoms with Crippen LogP contribution in [0, 0.1) is 28.6 Å². The first-order valence-electron chi connectivity index (χ1n) is 7.42. The molecular weight excluding hydrogens is 208 g/mol. The topological polar surface area (TPSA) is 9.23 Å². The predicted molar refractivity (Wildman–Crippen MR) is 70.9 cm³/mol. The van der Waals surface area contributed by atoms with E-state index >= 15 is 0 Å². The van der Waals surface area contributed by atoms with Crippen molar-refractivity contribution in [1.82, 2.24) is 0 Å². The van der Waals surface area contributed by atoms with E-state index in [9.17, 15) is 0 Å². The maximum atomic E-state index is 5.94. The molecule has 3 aliphatic carbocycles. The normalized spacial score (nSPS) is 55.9. The summed E-state index contributed by atoms with van der Waals surface area (Å²) in [6, 6.07) is 0. The third-order valence-electron chi connectivity index (χ3n) is 7.23. The molecule has 3 rings (SSSR count). The van der Waals surface area contributed by atoms with E-state index in [0.29, 0.717) is 10.8 Å². The second-order valence-electron chi connectivity index (χ2n) is 7.86. The highest BCUT2D eigenvalue weighted by atomic mass is 16.5. The zero-order valence-corrected chi connectivity index (χ0v) is 12.2. The third kappa shape index (κ3) is 1.25. The summed E-state index contributed by atoms with van der Waals surface area (Å²) in [4.78, 5) is 0. The number of fused-ring (bicyclic) bond motifs is 1. The maximum Gasteiger partial charge on any atom is 0.0684 e. The molecule has 3 aliphatic rings. The van der Waals surface area contributed by atoms with Crippen molar-refractivity contribution in [2.75, 3.05) is 7.11 Å². The summed E-state index contributed by atoms with van der Waals surface area (Å²) in [7, 11) is 1.92. The highest BCUT2D eigenvalue weighted by Gasteiger charge is 2.68. The van der Waals surface area contributed by atoms with E-state index in [4.69, 9.17) is 4.74 Å². The van der Waals surface area contributed by atoms with Crippen LogP contribution in [0.4, 0.5) is 0 Å². The molecule has 0 radical (unpaired) electrons. The van der Waals surface area contributed by atoms with Crippen molar-refractivity contribution in [3.05, 3.63) is 0 Å². The molecule has 0 saturated heterocycles. The molecule has 17 heavy (non-hydrogen) atoms. The van der Waals surface area contributed by atoms with Gasteiger partial charge in [0.05, 0.1) is 5.60 Å². The predicted octanol–water partition coefficient (Wildman–Crippen LogP) is 4.26. The maximum absolute atomic E-state index is 5.94. The Morgan fingerprint density at radius 1 is 1.00 bits per heavy atom. The summed E-state index contributed by atoms with van der Waals surface area (Å²) in [6.45, 7) is 9.90. The van der Waals surface area contributed by atoms with Gasteiger partial charge in [0.1, 0.15) is 0 Å². The van der Waals surface area contributed by atoms with Gasteiger partial charge in [0.25, 0.3) is 0 Å². The smallest absolute Gasteiger partial charge is 0.0684 e. The first-order chi connectivity index (χ1) is 7.87. The molecule has 0 aromatic heterocycles. The molecule has 5 atom stereocenters. The van der Waals surface area contributed by atoms with Crippen LogP contribution >= 0.6 is 0 Å². The molecule has 3 saturated carbocycles. The fraction of sp³-hybridized carbons (Fsp3) is 1.00. The van der Waals surface area contributed by atoms with Gasteiger partial charge in [-0.2, -0.15) is 0 Å². The van der Waals surface area contributed by atoms with Gasteiger partial charge in [0, 0.05) is 7.11 Å². The Balaban J connectivity index is 2.04. The van der Waals surface area contributed by atoms with Crippen LogP contribution in [-0.2, 0) is 4.74 Å². The van der Waals surface area contributed by atoms with Crippen molar-refractivity contribution in [2.24, 2.45) is 28.6 Å². The van der Waals surface area contributed by atoms with Gasteiger partial charge in [-0.25, -0.2) is 0 Å². The van der Waals surface area contributed by atoms with Gasteiger partial charge < -0.3 is 4.74 Å². The molecule has 98 valence electrons. The Morgan fingerprint density at radius 3 is 2.35 bits per heavy atom. The van der Waals surface area contributed by atoms with Crippen molar-refractivity contribution in [1.29, 1.82) is 0 Å². The molecule has 0 aromatic carbocycles. The Bertz CT molecular complexity index is 334. The van der Waals surface area contributed by atoms with E-state index in [2.05, 4.69) is 27.7 Å².